The zero-order chi connectivity index (χ0) is 23.1. The Labute approximate surface area is 193 Å². The summed E-state index contributed by atoms with van der Waals surface area (Å²) >= 11 is 0. The Balaban J connectivity index is 1.68. The SMILES string of the molecule is C=CCNC(=O)C1(Cc2ccccc2-c2cncnc2)CCCN(C(=O)c2cccnc2)C1. The van der Waals surface area contributed by atoms with Gasteiger partial charge in [-0.3, -0.25) is 14.6 Å². The Morgan fingerprint density at radius 2 is 1.91 bits per heavy atom. The Bertz CT molecular complexity index is 1120. The molecule has 7 nitrogen and oxygen atoms in total. The summed E-state index contributed by atoms with van der Waals surface area (Å²) in [4.78, 5) is 40.8. The third-order valence-electron chi connectivity index (χ3n) is 6.08. The predicted octanol–water partition coefficient (Wildman–Crippen LogP) is 3.31. The molecule has 33 heavy (non-hydrogen) atoms. The lowest BCUT2D eigenvalue weighted by molar-refractivity contribution is -0.133. The average molecular weight is 442 g/mol. The smallest absolute Gasteiger partial charge is 0.255 e. The van der Waals surface area contributed by atoms with E-state index in [1.807, 2.05) is 24.3 Å². The molecule has 3 heterocycles. The minimum absolute atomic E-state index is 0.0646. The summed E-state index contributed by atoms with van der Waals surface area (Å²) in [5, 5.41) is 2.99. The van der Waals surface area contributed by atoms with Crippen LogP contribution in [0.25, 0.3) is 11.1 Å². The first-order valence-corrected chi connectivity index (χ1v) is 11.0. The molecule has 0 radical (unpaired) electrons. The molecule has 1 fully saturated rings. The molecule has 0 saturated carbocycles. The Morgan fingerprint density at radius 3 is 2.67 bits per heavy atom. The van der Waals surface area contributed by atoms with Gasteiger partial charge < -0.3 is 10.2 Å². The van der Waals surface area contributed by atoms with E-state index < -0.39 is 5.41 Å². The molecule has 1 aliphatic heterocycles. The van der Waals surface area contributed by atoms with Gasteiger partial charge in [-0.1, -0.05) is 30.3 Å². The third-order valence-corrected chi connectivity index (χ3v) is 6.08. The maximum Gasteiger partial charge on any atom is 0.255 e. The van der Waals surface area contributed by atoms with Crippen molar-refractivity contribution in [3.05, 3.63) is 91.3 Å². The van der Waals surface area contributed by atoms with Gasteiger partial charge in [0.2, 0.25) is 5.91 Å². The molecular weight excluding hydrogens is 414 g/mol. The number of pyridine rings is 1. The van der Waals surface area contributed by atoms with Gasteiger partial charge in [0.1, 0.15) is 6.33 Å². The molecule has 0 bridgehead atoms. The van der Waals surface area contributed by atoms with Gasteiger partial charge in [0.25, 0.3) is 5.91 Å². The summed E-state index contributed by atoms with van der Waals surface area (Å²) in [6, 6.07) is 11.5. The van der Waals surface area contributed by atoms with Crippen molar-refractivity contribution in [1.29, 1.82) is 0 Å². The normalized spacial score (nSPS) is 17.9. The maximum absolute atomic E-state index is 13.5. The van der Waals surface area contributed by atoms with Gasteiger partial charge in [-0.15, -0.1) is 6.58 Å². The number of hydrogen-bond acceptors (Lipinski definition) is 5. The predicted molar refractivity (Wildman–Crippen MR) is 126 cm³/mol. The van der Waals surface area contributed by atoms with Crippen LogP contribution >= 0.6 is 0 Å². The van der Waals surface area contributed by atoms with E-state index in [1.165, 1.54) is 6.33 Å². The fourth-order valence-corrected chi connectivity index (χ4v) is 4.50. The minimum atomic E-state index is -0.759. The van der Waals surface area contributed by atoms with E-state index in [0.29, 0.717) is 38.0 Å². The molecule has 2 aromatic heterocycles. The van der Waals surface area contributed by atoms with E-state index in [2.05, 4.69) is 26.8 Å². The largest absolute Gasteiger partial charge is 0.352 e. The summed E-state index contributed by atoms with van der Waals surface area (Å²) in [6.45, 7) is 5.05. The number of carbonyl (C=O) groups is 2. The number of benzene rings is 1. The van der Waals surface area contributed by atoms with Crippen molar-refractivity contribution in [2.45, 2.75) is 19.3 Å². The topological polar surface area (TPSA) is 88.1 Å². The Kier molecular flexibility index (Phi) is 6.88. The zero-order valence-electron chi connectivity index (χ0n) is 18.5. The highest BCUT2D eigenvalue weighted by atomic mass is 16.2. The lowest BCUT2D eigenvalue weighted by Gasteiger charge is -2.42. The van der Waals surface area contributed by atoms with Crippen molar-refractivity contribution in [2.24, 2.45) is 5.41 Å². The number of rotatable bonds is 7. The van der Waals surface area contributed by atoms with Crippen LogP contribution in [0.3, 0.4) is 0 Å². The van der Waals surface area contributed by atoms with Crippen molar-refractivity contribution < 1.29 is 9.59 Å². The second kappa shape index (κ2) is 10.2. The van der Waals surface area contributed by atoms with Crippen molar-refractivity contribution in [3.63, 3.8) is 0 Å². The number of likely N-dealkylation sites (tertiary alicyclic amines) is 1. The Hall–Kier alpha value is -3.87. The molecule has 168 valence electrons. The molecule has 1 unspecified atom stereocenters. The van der Waals surface area contributed by atoms with E-state index in [1.54, 1.807) is 47.9 Å². The summed E-state index contributed by atoms with van der Waals surface area (Å²) in [5.41, 5.74) is 2.68. The van der Waals surface area contributed by atoms with Gasteiger partial charge in [0.05, 0.1) is 11.0 Å². The van der Waals surface area contributed by atoms with Crippen LogP contribution in [0.2, 0.25) is 0 Å². The minimum Gasteiger partial charge on any atom is -0.352 e. The number of amides is 2. The molecule has 1 saturated heterocycles. The zero-order valence-corrected chi connectivity index (χ0v) is 18.5. The van der Waals surface area contributed by atoms with Crippen molar-refractivity contribution in [3.8, 4) is 11.1 Å². The van der Waals surface area contributed by atoms with Crippen LogP contribution in [-0.4, -0.2) is 51.3 Å². The summed E-state index contributed by atoms with van der Waals surface area (Å²) < 4.78 is 0. The highest BCUT2D eigenvalue weighted by Crippen LogP contribution is 2.37. The van der Waals surface area contributed by atoms with E-state index in [0.717, 1.165) is 23.1 Å². The van der Waals surface area contributed by atoms with Crippen LogP contribution in [0.4, 0.5) is 0 Å². The number of carbonyl (C=O) groups excluding carboxylic acids is 2. The summed E-state index contributed by atoms with van der Waals surface area (Å²) in [6.07, 6.45) is 11.9. The number of piperidine rings is 1. The van der Waals surface area contributed by atoms with Crippen molar-refractivity contribution >= 4 is 11.8 Å². The van der Waals surface area contributed by atoms with E-state index >= 15 is 0 Å². The first-order valence-electron chi connectivity index (χ1n) is 11.0. The lowest BCUT2D eigenvalue weighted by Crippen LogP contribution is -2.54. The highest BCUT2D eigenvalue weighted by Gasteiger charge is 2.43. The summed E-state index contributed by atoms with van der Waals surface area (Å²) in [7, 11) is 0. The molecule has 1 aromatic carbocycles. The number of aromatic nitrogens is 3. The molecule has 4 rings (SSSR count). The lowest BCUT2D eigenvalue weighted by atomic mass is 9.73. The van der Waals surface area contributed by atoms with Gasteiger partial charge >= 0.3 is 0 Å². The van der Waals surface area contributed by atoms with Crippen LogP contribution < -0.4 is 5.32 Å². The van der Waals surface area contributed by atoms with Crippen molar-refractivity contribution in [2.75, 3.05) is 19.6 Å². The quantitative estimate of drug-likeness (QED) is 0.569. The van der Waals surface area contributed by atoms with E-state index in [4.69, 9.17) is 0 Å². The molecular formula is C26H27N5O2. The molecule has 3 aromatic rings. The number of hydrogen-bond donors (Lipinski definition) is 1. The molecule has 0 spiro atoms. The first kappa shape index (κ1) is 22.3. The number of nitrogens with zero attached hydrogens (tertiary/aromatic N) is 4. The maximum atomic E-state index is 13.5. The molecule has 1 N–H and O–H groups in total. The second-order valence-electron chi connectivity index (χ2n) is 8.31. The van der Waals surface area contributed by atoms with E-state index in [-0.39, 0.29) is 11.8 Å². The van der Waals surface area contributed by atoms with Gasteiger partial charge in [-0.2, -0.15) is 0 Å². The molecule has 1 atom stereocenters. The fourth-order valence-electron chi connectivity index (χ4n) is 4.50. The highest BCUT2D eigenvalue weighted by molar-refractivity contribution is 5.94. The monoisotopic (exact) mass is 441 g/mol. The van der Waals surface area contributed by atoms with Gasteiger partial charge in [0.15, 0.2) is 0 Å². The first-order chi connectivity index (χ1) is 16.1. The Morgan fingerprint density at radius 1 is 1.09 bits per heavy atom. The van der Waals surface area contributed by atoms with E-state index in [9.17, 15) is 9.59 Å². The fraction of sp³-hybridized carbons (Fsp3) is 0.269. The van der Waals surface area contributed by atoms with Gasteiger partial charge in [0, 0.05) is 50.0 Å². The van der Waals surface area contributed by atoms with Crippen LogP contribution in [0, 0.1) is 5.41 Å². The van der Waals surface area contributed by atoms with Crippen LogP contribution in [0.15, 0.2) is 80.2 Å². The van der Waals surface area contributed by atoms with Crippen molar-refractivity contribution in [1.82, 2.24) is 25.2 Å². The second-order valence-corrected chi connectivity index (χ2v) is 8.31. The molecule has 1 aliphatic rings. The van der Waals surface area contributed by atoms with Gasteiger partial charge in [-0.25, -0.2) is 9.97 Å². The molecule has 0 aliphatic carbocycles. The average Bonchev–Trinajstić information content (AvgIpc) is 2.88. The third kappa shape index (κ3) is 4.98. The molecule has 2 amide bonds. The van der Waals surface area contributed by atoms with Crippen LogP contribution in [-0.2, 0) is 11.2 Å². The van der Waals surface area contributed by atoms with Crippen LogP contribution in [0.5, 0.6) is 0 Å². The van der Waals surface area contributed by atoms with Gasteiger partial charge in [-0.05, 0) is 42.5 Å². The molecule has 7 heteroatoms. The summed E-state index contributed by atoms with van der Waals surface area (Å²) in [5.74, 6) is -0.168. The standard InChI is InChI=1S/C26H27N5O2/c1-2-11-30-25(33)26(10-6-13-31(18-26)24(32)21-8-5-12-27-15-21)14-20-7-3-4-9-23(20)22-16-28-19-29-17-22/h2-5,7-9,12,15-17,19H,1,6,10-11,13-14,18H2,(H,30,33). The number of nitrogens with one attached hydrogen (secondary N) is 1. The van der Waals surface area contributed by atoms with Crippen LogP contribution in [0.1, 0.15) is 28.8 Å².